The van der Waals surface area contributed by atoms with Gasteiger partial charge in [0.2, 0.25) is 0 Å². The summed E-state index contributed by atoms with van der Waals surface area (Å²) >= 11 is 0. The Bertz CT molecular complexity index is 362. The number of likely N-dealkylation sites (tertiary alicyclic amines) is 1. The summed E-state index contributed by atoms with van der Waals surface area (Å²) in [5.74, 6) is 1.82. The predicted octanol–water partition coefficient (Wildman–Crippen LogP) is 2.20. The van der Waals surface area contributed by atoms with Crippen LogP contribution in [0.1, 0.15) is 44.8 Å². The van der Waals surface area contributed by atoms with Crippen molar-refractivity contribution in [3.05, 3.63) is 17.8 Å². The molecule has 102 valence electrons. The second-order valence-corrected chi connectivity index (χ2v) is 5.44. The quantitative estimate of drug-likeness (QED) is 0.871. The fourth-order valence-corrected chi connectivity index (χ4v) is 2.82. The molecule has 1 N–H and O–H groups in total. The van der Waals surface area contributed by atoms with Crippen LogP contribution >= 0.6 is 0 Å². The molecule has 1 unspecified atom stereocenters. The standard InChI is InChI=1S/C14H25N3O/c1-11(2)17-7-5-4-6-12(17)8-14-16-10-13(18-14)9-15-3/h10-12,15H,4-9H2,1-3H3. The molecule has 4 nitrogen and oxygen atoms in total. The van der Waals surface area contributed by atoms with E-state index in [1.165, 1.54) is 25.8 Å². The molecule has 1 aromatic heterocycles. The Morgan fingerprint density at radius 1 is 1.50 bits per heavy atom. The smallest absolute Gasteiger partial charge is 0.195 e. The maximum Gasteiger partial charge on any atom is 0.195 e. The highest BCUT2D eigenvalue weighted by atomic mass is 16.4. The van der Waals surface area contributed by atoms with Gasteiger partial charge in [-0.1, -0.05) is 6.42 Å². The number of piperidine rings is 1. The molecule has 2 heterocycles. The van der Waals surface area contributed by atoms with E-state index in [4.69, 9.17) is 4.42 Å². The Hall–Kier alpha value is -0.870. The first-order valence-corrected chi connectivity index (χ1v) is 7.04. The van der Waals surface area contributed by atoms with Crippen LogP contribution in [0.4, 0.5) is 0 Å². The van der Waals surface area contributed by atoms with Crippen LogP contribution in [0.15, 0.2) is 10.6 Å². The Labute approximate surface area is 110 Å². The number of hydrogen-bond acceptors (Lipinski definition) is 4. The van der Waals surface area contributed by atoms with Crippen LogP contribution in [0, 0.1) is 0 Å². The monoisotopic (exact) mass is 251 g/mol. The maximum atomic E-state index is 5.75. The fourth-order valence-electron chi connectivity index (χ4n) is 2.82. The summed E-state index contributed by atoms with van der Waals surface area (Å²) in [6.45, 7) is 6.53. The maximum absolute atomic E-state index is 5.75. The van der Waals surface area contributed by atoms with Crippen molar-refractivity contribution in [2.75, 3.05) is 13.6 Å². The summed E-state index contributed by atoms with van der Waals surface area (Å²) in [4.78, 5) is 6.98. The molecule has 0 spiro atoms. The van der Waals surface area contributed by atoms with E-state index in [9.17, 15) is 0 Å². The van der Waals surface area contributed by atoms with Crippen molar-refractivity contribution >= 4 is 0 Å². The SMILES string of the molecule is CNCc1cnc(CC2CCCCN2C(C)C)o1. The van der Waals surface area contributed by atoms with Gasteiger partial charge in [-0.05, 0) is 40.3 Å². The van der Waals surface area contributed by atoms with E-state index in [2.05, 4.69) is 29.0 Å². The van der Waals surface area contributed by atoms with Crippen molar-refractivity contribution in [1.82, 2.24) is 15.2 Å². The lowest BCUT2D eigenvalue weighted by molar-refractivity contribution is 0.106. The van der Waals surface area contributed by atoms with E-state index in [1.807, 2.05) is 13.2 Å². The topological polar surface area (TPSA) is 41.3 Å². The summed E-state index contributed by atoms with van der Waals surface area (Å²) in [6.07, 6.45) is 6.71. The molecule has 1 aromatic rings. The zero-order chi connectivity index (χ0) is 13.0. The third-order valence-electron chi connectivity index (χ3n) is 3.70. The predicted molar refractivity (Wildman–Crippen MR) is 72.5 cm³/mol. The Balaban J connectivity index is 1.97. The lowest BCUT2D eigenvalue weighted by atomic mass is 9.98. The molecule has 0 bridgehead atoms. The molecule has 4 heteroatoms. The van der Waals surface area contributed by atoms with Gasteiger partial charge in [0.25, 0.3) is 0 Å². The van der Waals surface area contributed by atoms with Crippen LogP contribution in [0.25, 0.3) is 0 Å². The third-order valence-corrected chi connectivity index (χ3v) is 3.70. The van der Waals surface area contributed by atoms with Gasteiger partial charge in [-0.2, -0.15) is 0 Å². The van der Waals surface area contributed by atoms with Gasteiger partial charge >= 0.3 is 0 Å². The molecule has 1 aliphatic rings. The average Bonchev–Trinajstić information content (AvgIpc) is 2.77. The van der Waals surface area contributed by atoms with Gasteiger partial charge < -0.3 is 9.73 Å². The second-order valence-electron chi connectivity index (χ2n) is 5.44. The molecule has 1 fully saturated rings. The summed E-state index contributed by atoms with van der Waals surface area (Å²) in [5, 5.41) is 3.08. The van der Waals surface area contributed by atoms with E-state index in [0.717, 1.165) is 24.6 Å². The van der Waals surface area contributed by atoms with E-state index < -0.39 is 0 Å². The van der Waals surface area contributed by atoms with Crippen molar-refractivity contribution in [1.29, 1.82) is 0 Å². The fraction of sp³-hybridized carbons (Fsp3) is 0.786. The summed E-state index contributed by atoms with van der Waals surface area (Å²) in [5.41, 5.74) is 0. The first-order chi connectivity index (χ1) is 8.70. The number of oxazole rings is 1. The van der Waals surface area contributed by atoms with Crippen molar-refractivity contribution in [2.24, 2.45) is 0 Å². The van der Waals surface area contributed by atoms with Gasteiger partial charge in [0.1, 0.15) is 5.76 Å². The Kier molecular flexibility index (Phi) is 4.78. The van der Waals surface area contributed by atoms with Crippen LogP contribution in [-0.2, 0) is 13.0 Å². The van der Waals surface area contributed by atoms with Gasteiger partial charge in [-0.15, -0.1) is 0 Å². The van der Waals surface area contributed by atoms with Gasteiger partial charge in [-0.3, -0.25) is 4.90 Å². The molecule has 2 rings (SSSR count). The number of nitrogens with one attached hydrogen (secondary N) is 1. The highest BCUT2D eigenvalue weighted by molar-refractivity contribution is 4.96. The minimum absolute atomic E-state index is 0.597. The molecule has 0 radical (unpaired) electrons. The minimum atomic E-state index is 0.597. The molecule has 0 saturated carbocycles. The summed E-state index contributed by atoms with van der Waals surface area (Å²) in [6, 6.07) is 1.21. The molecule has 1 aliphatic heterocycles. The first kappa shape index (κ1) is 13.6. The number of aromatic nitrogens is 1. The van der Waals surface area contributed by atoms with Crippen LogP contribution in [0.3, 0.4) is 0 Å². The highest BCUT2D eigenvalue weighted by Crippen LogP contribution is 2.22. The average molecular weight is 251 g/mol. The molecule has 1 saturated heterocycles. The van der Waals surface area contributed by atoms with Crippen molar-refractivity contribution < 1.29 is 4.42 Å². The van der Waals surface area contributed by atoms with E-state index in [0.29, 0.717) is 12.1 Å². The van der Waals surface area contributed by atoms with Crippen LogP contribution in [0.5, 0.6) is 0 Å². The largest absolute Gasteiger partial charge is 0.444 e. The molecule has 0 aromatic carbocycles. The molecular formula is C14H25N3O. The van der Waals surface area contributed by atoms with Crippen LogP contribution < -0.4 is 5.32 Å². The third kappa shape index (κ3) is 3.33. The minimum Gasteiger partial charge on any atom is -0.444 e. The number of hydrogen-bond donors (Lipinski definition) is 1. The van der Waals surface area contributed by atoms with Crippen molar-refractivity contribution in [3.8, 4) is 0 Å². The lowest BCUT2D eigenvalue weighted by Crippen LogP contribution is -2.45. The van der Waals surface area contributed by atoms with Gasteiger partial charge in [0.15, 0.2) is 5.89 Å². The van der Waals surface area contributed by atoms with E-state index in [-0.39, 0.29) is 0 Å². The molecular weight excluding hydrogens is 226 g/mol. The number of nitrogens with zero attached hydrogens (tertiary/aromatic N) is 2. The van der Waals surface area contributed by atoms with Gasteiger partial charge in [0, 0.05) is 18.5 Å². The zero-order valence-electron chi connectivity index (χ0n) is 11.8. The van der Waals surface area contributed by atoms with Crippen molar-refractivity contribution in [2.45, 2.75) is 58.2 Å². The molecule has 0 aliphatic carbocycles. The van der Waals surface area contributed by atoms with Gasteiger partial charge in [-0.25, -0.2) is 4.98 Å². The van der Waals surface area contributed by atoms with E-state index in [1.54, 1.807) is 0 Å². The number of rotatable bonds is 5. The Morgan fingerprint density at radius 2 is 2.33 bits per heavy atom. The molecule has 18 heavy (non-hydrogen) atoms. The first-order valence-electron chi connectivity index (χ1n) is 7.04. The van der Waals surface area contributed by atoms with Crippen molar-refractivity contribution in [3.63, 3.8) is 0 Å². The zero-order valence-corrected chi connectivity index (χ0v) is 11.8. The summed E-state index contributed by atoms with van der Waals surface area (Å²) in [7, 11) is 1.92. The Morgan fingerprint density at radius 3 is 3.06 bits per heavy atom. The highest BCUT2D eigenvalue weighted by Gasteiger charge is 2.25. The normalized spacial score (nSPS) is 21.7. The molecule has 0 amide bonds. The lowest BCUT2D eigenvalue weighted by Gasteiger charge is -2.38. The van der Waals surface area contributed by atoms with Crippen LogP contribution in [-0.4, -0.2) is 35.6 Å². The second kappa shape index (κ2) is 6.34. The van der Waals surface area contributed by atoms with Crippen LogP contribution in [0.2, 0.25) is 0 Å². The summed E-state index contributed by atoms with van der Waals surface area (Å²) < 4.78 is 5.75. The molecule has 1 atom stereocenters. The van der Waals surface area contributed by atoms with Gasteiger partial charge in [0.05, 0.1) is 12.7 Å². The van der Waals surface area contributed by atoms with E-state index >= 15 is 0 Å².